The van der Waals surface area contributed by atoms with E-state index in [1.165, 1.54) is 14.2 Å². The largest absolute Gasteiger partial charge is 0.496 e. The van der Waals surface area contributed by atoms with Crippen molar-refractivity contribution in [3.63, 3.8) is 0 Å². The van der Waals surface area contributed by atoms with E-state index in [-0.39, 0.29) is 11.6 Å². The molecule has 0 saturated carbocycles. The van der Waals surface area contributed by atoms with Gasteiger partial charge in [0.1, 0.15) is 18.0 Å². The molecule has 0 unspecified atom stereocenters. The second-order valence-electron chi connectivity index (χ2n) is 7.63. The van der Waals surface area contributed by atoms with Crippen LogP contribution in [0.1, 0.15) is 35.8 Å². The van der Waals surface area contributed by atoms with E-state index in [2.05, 4.69) is 15.7 Å². The number of rotatable bonds is 10. The highest BCUT2D eigenvalue weighted by atomic mass is 16.5. The first kappa shape index (κ1) is 24.3. The maximum absolute atomic E-state index is 12.7. The predicted molar refractivity (Wildman–Crippen MR) is 126 cm³/mol. The Labute approximate surface area is 196 Å². The Balaban J connectivity index is 2.29. The average Bonchev–Trinajstić information content (AvgIpc) is 3.26. The molecule has 34 heavy (non-hydrogen) atoms. The summed E-state index contributed by atoms with van der Waals surface area (Å²) in [5.41, 5.74) is 3.25. The molecule has 10 heteroatoms. The van der Waals surface area contributed by atoms with E-state index < -0.39 is 18.4 Å². The summed E-state index contributed by atoms with van der Waals surface area (Å²) in [6, 6.07) is 12.2. The zero-order valence-corrected chi connectivity index (χ0v) is 19.3. The van der Waals surface area contributed by atoms with Gasteiger partial charge in [-0.15, -0.1) is 0 Å². The summed E-state index contributed by atoms with van der Waals surface area (Å²) in [5.74, 6) is -0.752. The number of ether oxygens (including phenoxy) is 2. The lowest BCUT2D eigenvalue weighted by atomic mass is 9.99. The summed E-state index contributed by atoms with van der Waals surface area (Å²) < 4.78 is 12.7. The Morgan fingerprint density at radius 1 is 1.12 bits per heavy atom. The Bertz CT molecular complexity index is 1200. The van der Waals surface area contributed by atoms with E-state index in [1.807, 2.05) is 19.9 Å². The number of carbonyl (C=O) groups is 3. The lowest BCUT2D eigenvalue weighted by molar-refractivity contribution is -0.135. The molecule has 0 fully saturated rings. The van der Waals surface area contributed by atoms with Gasteiger partial charge in [-0.2, -0.15) is 5.10 Å². The summed E-state index contributed by atoms with van der Waals surface area (Å²) in [7, 11) is 3.05. The molecule has 0 bridgehead atoms. The van der Waals surface area contributed by atoms with Gasteiger partial charge in [-0.3, -0.25) is 14.4 Å². The van der Waals surface area contributed by atoms with Gasteiger partial charge in [-0.05, 0) is 47.9 Å². The van der Waals surface area contributed by atoms with Crippen LogP contribution in [0.15, 0.2) is 42.5 Å². The van der Waals surface area contributed by atoms with Gasteiger partial charge in [0.05, 0.1) is 31.2 Å². The zero-order chi connectivity index (χ0) is 24.8. The van der Waals surface area contributed by atoms with Crippen molar-refractivity contribution < 1.29 is 29.0 Å². The number of aromatic nitrogens is 2. The fraction of sp³-hybridized carbons (Fsp3) is 0.250. The summed E-state index contributed by atoms with van der Waals surface area (Å²) >= 11 is 0. The molecule has 2 aromatic carbocycles. The van der Waals surface area contributed by atoms with Crippen LogP contribution in [0.4, 0.5) is 5.69 Å². The van der Waals surface area contributed by atoms with Gasteiger partial charge in [0.2, 0.25) is 6.41 Å². The lowest BCUT2D eigenvalue weighted by Gasteiger charge is -2.18. The van der Waals surface area contributed by atoms with E-state index in [9.17, 15) is 14.4 Å². The van der Waals surface area contributed by atoms with Gasteiger partial charge in [0.15, 0.2) is 5.69 Å². The number of aliphatic carboxylic acids is 1. The number of carboxylic acid groups (broad SMARTS) is 1. The molecular formula is C24H26N4O6. The quantitative estimate of drug-likeness (QED) is 0.391. The van der Waals surface area contributed by atoms with Gasteiger partial charge in [-0.1, -0.05) is 19.9 Å². The zero-order valence-electron chi connectivity index (χ0n) is 19.3. The highest BCUT2D eigenvalue weighted by Crippen LogP contribution is 2.40. The monoisotopic (exact) mass is 466 g/mol. The number of benzene rings is 2. The molecule has 0 aliphatic rings. The number of amides is 2. The van der Waals surface area contributed by atoms with Crippen molar-refractivity contribution in [2.24, 2.45) is 0 Å². The van der Waals surface area contributed by atoms with Gasteiger partial charge in [0.25, 0.3) is 5.91 Å². The van der Waals surface area contributed by atoms with Gasteiger partial charge in [-0.25, -0.2) is 4.68 Å². The second kappa shape index (κ2) is 10.5. The molecule has 0 radical (unpaired) electrons. The van der Waals surface area contributed by atoms with E-state index >= 15 is 0 Å². The number of nitrogens with zero attached hydrogens (tertiary/aromatic N) is 2. The van der Waals surface area contributed by atoms with Crippen LogP contribution >= 0.6 is 0 Å². The molecule has 3 N–H and O–H groups in total. The van der Waals surface area contributed by atoms with Gasteiger partial charge in [0, 0.05) is 5.69 Å². The first-order valence-corrected chi connectivity index (χ1v) is 10.5. The molecule has 0 atom stereocenters. The Morgan fingerprint density at radius 2 is 1.79 bits per heavy atom. The van der Waals surface area contributed by atoms with Crippen LogP contribution in [0.2, 0.25) is 0 Å². The number of hydrogen-bond acceptors (Lipinski definition) is 6. The fourth-order valence-electron chi connectivity index (χ4n) is 3.57. The molecule has 3 aromatic rings. The third kappa shape index (κ3) is 5.01. The maximum atomic E-state index is 12.7. The van der Waals surface area contributed by atoms with E-state index in [1.54, 1.807) is 41.1 Å². The summed E-state index contributed by atoms with van der Waals surface area (Å²) in [6.07, 6.45) is 0.600. The average molecular weight is 466 g/mol. The topological polar surface area (TPSA) is 132 Å². The molecule has 1 heterocycles. The summed E-state index contributed by atoms with van der Waals surface area (Å²) in [6.45, 7) is 3.45. The normalized spacial score (nSPS) is 10.6. The summed E-state index contributed by atoms with van der Waals surface area (Å²) in [4.78, 5) is 34.5. The number of nitrogens with one attached hydrogen (secondary N) is 2. The van der Waals surface area contributed by atoms with Gasteiger partial charge >= 0.3 is 5.97 Å². The van der Waals surface area contributed by atoms with E-state index in [0.717, 1.165) is 5.56 Å². The van der Waals surface area contributed by atoms with Crippen molar-refractivity contribution in [2.75, 3.05) is 26.1 Å². The summed E-state index contributed by atoms with van der Waals surface area (Å²) in [5, 5.41) is 18.4. The maximum Gasteiger partial charge on any atom is 0.322 e. The van der Waals surface area contributed by atoms with Crippen LogP contribution in [0.5, 0.6) is 11.5 Å². The number of carbonyl (C=O) groups excluding carboxylic acids is 2. The third-order valence-electron chi connectivity index (χ3n) is 5.13. The standard InChI is InChI=1S/C24H26N4O6/c1-14(2)16-10-15(26-13-29)8-9-18(16)28-19(11-17(27-28)24(32)25-12-22(30)31)23-20(33-3)6-5-7-21(23)34-4/h5-11,13-14H,12H2,1-4H3,(H,25,32)(H,26,29)(H,30,31). The first-order valence-electron chi connectivity index (χ1n) is 10.5. The van der Waals surface area contributed by atoms with Crippen LogP contribution in [0.3, 0.4) is 0 Å². The number of hydrogen-bond donors (Lipinski definition) is 3. The second-order valence-corrected chi connectivity index (χ2v) is 7.63. The minimum Gasteiger partial charge on any atom is -0.496 e. The predicted octanol–water partition coefficient (Wildman–Crippen LogP) is 3.06. The molecule has 1 aromatic heterocycles. The molecule has 2 amide bonds. The van der Waals surface area contributed by atoms with Crippen molar-refractivity contribution in [1.29, 1.82) is 0 Å². The van der Waals surface area contributed by atoms with Crippen molar-refractivity contribution in [3.05, 3.63) is 53.7 Å². The molecule has 0 aliphatic heterocycles. The molecule has 10 nitrogen and oxygen atoms in total. The van der Waals surface area contributed by atoms with E-state index in [4.69, 9.17) is 14.6 Å². The minimum absolute atomic E-state index is 0.0222. The Kier molecular flexibility index (Phi) is 7.52. The van der Waals surface area contributed by atoms with Crippen LogP contribution in [0, 0.1) is 0 Å². The number of methoxy groups -OCH3 is 2. The van der Waals surface area contributed by atoms with Gasteiger partial charge < -0.3 is 25.2 Å². The number of carboxylic acids is 1. The van der Waals surface area contributed by atoms with E-state index in [0.29, 0.717) is 40.5 Å². The number of anilines is 1. The van der Waals surface area contributed by atoms with Crippen LogP contribution in [-0.4, -0.2) is 53.9 Å². The molecule has 3 rings (SSSR count). The highest BCUT2D eigenvalue weighted by molar-refractivity contribution is 5.95. The Morgan fingerprint density at radius 3 is 2.35 bits per heavy atom. The Hall–Kier alpha value is -4.34. The lowest BCUT2D eigenvalue weighted by Crippen LogP contribution is -2.29. The van der Waals surface area contributed by atoms with Crippen molar-refractivity contribution >= 4 is 24.0 Å². The van der Waals surface area contributed by atoms with Crippen molar-refractivity contribution in [3.8, 4) is 28.4 Å². The van der Waals surface area contributed by atoms with Crippen LogP contribution in [0.25, 0.3) is 16.9 Å². The molecule has 0 saturated heterocycles. The molecular weight excluding hydrogens is 440 g/mol. The van der Waals surface area contributed by atoms with Crippen LogP contribution in [-0.2, 0) is 9.59 Å². The third-order valence-corrected chi connectivity index (χ3v) is 5.13. The van der Waals surface area contributed by atoms with Crippen molar-refractivity contribution in [1.82, 2.24) is 15.1 Å². The molecule has 0 aliphatic carbocycles. The molecule has 178 valence electrons. The minimum atomic E-state index is -1.17. The van der Waals surface area contributed by atoms with Crippen molar-refractivity contribution in [2.45, 2.75) is 19.8 Å². The SMILES string of the molecule is COc1cccc(OC)c1-c1cc(C(=O)NCC(=O)O)nn1-c1ccc(NC=O)cc1C(C)C. The molecule has 0 spiro atoms. The first-order chi connectivity index (χ1) is 16.3. The van der Waals surface area contributed by atoms with Crippen LogP contribution < -0.4 is 20.1 Å². The smallest absolute Gasteiger partial charge is 0.322 e. The highest BCUT2D eigenvalue weighted by Gasteiger charge is 2.24. The fourth-order valence-corrected chi connectivity index (χ4v) is 3.57.